The molecule has 1 N–H and O–H groups in total. The van der Waals surface area contributed by atoms with E-state index in [4.69, 9.17) is 16.3 Å². The molecule has 2 aliphatic heterocycles. The Morgan fingerprint density at radius 3 is 3.00 bits per heavy atom. The molecule has 1 aromatic heterocycles. The molecule has 2 fully saturated rings. The molecule has 0 amide bonds. The van der Waals surface area contributed by atoms with E-state index in [9.17, 15) is 13.5 Å². The maximum atomic E-state index is 13.3. The van der Waals surface area contributed by atoms with Crippen LogP contribution < -0.4 is 0 Å². The second kappa shape index (κ2) is 6.18. The number of benzene rings is 1. The number of nitrogens with zero attached hydrogens (tertiary/aromatic N) is 1. The molecule has 2 saturated heterocycles. The zero-order chi connectivity index (χ0) is 17.8. The van der Waals surface area contributed by atoms with E-state index in [1.165, 1.54) is 15.6 Å². The van der Waals surface area contributed by atoms with Gasteiger partial charge in [0.2, 0.25) is 0 Å². The maximum Gasteiger partial charge on any atom is 0.252 e. The van der Waals surface area contributed by atoms with E-state index in [0.717, 1.165) is 22.1 Å². The average Bonchev–Trinajstić information content (AvgIpc) is 3.15. The predicted octanol–water partition coefficient (Wildman–Crippen LogP) is 2.88. The van der Waals surface area contributed by atoms with Crippen LogP contribution in [0.2, 0.25) is 5.02 Å². The molecule has 2 atom stereocenters. The van der Waals surface area contributed by atoms with Gasteiger partial charge < -0.3 is 9.84 Å². The maximum absolute atomic E-state index is 13.3. The van der Waals surface area contributed by atoms with Crippen LogP contribution in [-0.4, -0.2) is 50.7 Å². The molecular formula is C17H20ClNO4S2. The van der Waals surface area contributed by atoms with Gasteiger partial charge in [0, 0.05) is 34.8 Å². The van der Waals surface area contributed by atoms with Gasteiger partial charge in [-0.3, -0.25) is 0 Å². The van der Waals surface area contributed by atoms with Crippen molar-refractivity contribution < 1.29 is 18.3 Å². The first kappa shape index (κ1) is 17.7. The summed E-state index contributed by atoms with van der Waals surface area (Å²) in [7, 11) is -3.61. The van der Waals surface area contributed by atoms with E-state index >= 15 is 0 Å². The molecule has 0 radical (unpaired) electrons. The van der Waals surface area contributed by atoms with Gasteiger partial charge in [0.05, 0.1) is 13.2 Å². The summed E-state index contributed by atoms with van der Waals surface area (Å²) in [5.41, 5.74) is 0.269. The number of aliphatic hydroxyl groups is 1. The summed E-state index contributed by atoms with van der Waals surface area (Å²) in [4.78, 5) is 0. The summed E-state index contributed by atoms with van der Waals surface area (Å²) < 4.78 is 34.9. The molecule has 25 heavy (non-hydrogen) atoms. The number of fused-ring (bicyclic) bond motifs is 2. The Morgan fingerprint density at radius 1 is 1.48 bits per heavy atom. The Hall–Kier alpha value is -0.700. The fourth-order valence-electron chi connectivity index (χ4n) is 3.99. The molecule has 136 valence electrons. The first-order chi connectivity index (χ1) is 11.9. The topological polar surface area (TPSA) is 66.8 Å². The van der Waals surface area contributed by atoms with E-state index in [-0.39, 0.29) is 12.5 Å². The summed E-state index contributed by atoms with van der Waals surface area (Å²) >= 11 is 7.35. The highest BCUT2D eigenvalue weighted by atomic mass is 35.5. The molecule has 0 bridgehead atoms. The number of thiophene rings is 1. The number of hydrogen-bond acceptors (Lipinski definition) is 5. The number of ether oxygens (including phenoxy) is 1. The Labute approximate surface area is 156 Å². The average molecular weight is 402 g/mol. The summed E-state index contributed by atoms with van der Waals surface area (Å²) in [6, 6.07) is 5.45. The van der Waals surface area contributed by atoms with Crippen molar-refractivity contribution >= 4 is 43.0 Å². The smallest absolute Gasteiger partial charge is 0.252 e. The van der Waals surface area contributed by atoms with Crippen LogP contribution >= 0.6 is 22.9 Å². The number of aliphatic hydroxyl groups excluding tert-OH is 1. The highest BCUT2D eigenvalue weighted by Crippen LogP contribution is 2.45. The summed E-state index contributed by atoms with van der Waals surface area (Å²) in [5.74, 6) is 0.144. The fraction of sp³-hybridized carbons (Fsp3) is 0.529. The summed E-state index contributed by atoms with van der Waals surface area (Å²) in [6.45, 7) is 3.58. The zero-order valence-corrected chi connectivity index (χ0v) is 16.3. The minimum absolute atomic E-state index is 0.0509. The fourth-order valence-corrected chi connectivity index (χ4v) is 7.62. The Morgan fingerprint density at radius 2 is 2.28 bits per heavy atom. The van der Waals surface area contributed by atoms with Gasteiger partial charge in [-0.15, -0.1) is 11.3 Å². The SMILES string of the molecule is Cc1c(S(=O)(=O)N2C[C@@H]3CCOC[C@]3(CO)C2)sc2ccc(Cl)cc12. The minimum Gasteiger partial charge on any atom is -0.396 e. The van der Waals surface area contributed by atoms with Gasteiger partial charge in [-0.05, 0) is 48.4 Å². The molecular weight excluding hydrogens is 382 g/mol. The molecule has 4 rings (SSSR count). The second-order valence-electron chi connectivity index (χ2n) is 7.01. The lowest BCUT2D eigenvalue weighted by molar-refractivity contribution is -0.0552. The molecule has 3 heterocycles. The number of sulfonamides is 1. The lowest BCUT2D eigenvalue weighted by Crippen LogP contribution is -2.43. The van der Waals surface area contributed by atoms with Gasteiger partial charge in [0.15, 0.2) is 0 Å². The van der Waals surface area contributed by atoms with E-state index in [2.05, 4.69) is 0 Å². The van der Waals surface area contributed by atoms with E-state index in [1.54, 1.807) is 6.07 Å². The summed E-state index contributed by atoms with van der Waals surface area (Å²) in [6.07, 6.45) is 0.785. The molecule has 0 saturated carbocycles. The predicted molar refractivity (Wildman–Crippen MR) is 98.8 cm³/mol. The molecule has 1 aromatic carbocycles. The quantitative estimate of drug-likeness (QED) is 0.858. The molecule has 8 heteroatoms. The van der Waals surface area contributed by atoms with Gasteiger partial charge >= 0.3 is 0 Å². The van der Waals surface area contributed by atoms with Crippen LogP contribution in [0.1, 0.15) is 12.0 Å². The monoisotopic (exact) mass is 401 g/mol. The molecule has 2 aliphatic rings. The number of aryl methyl sites for hydroxylation is 1. The summed E-state index contributed by atoms with van der Waals surface area (Å²) in [5, 5.41) is 11.4. The molecule has 0 unspecified atom stereocenters. The Kier molecular flexibility index (Phi) is 4.38. The zero-order valence-electron chi connectivity index (χ0n) is 13.9. The lowest BCUT2D eigenvalue weighted by Gasteiger charge is -2.36. The largest absolute Gasteiger partial charge is 0.396 e. The van der Waals surface area contributed by atoms with Gasteiger partial charge in [-0.25, -0.2) is 8.42 Å². The minimum atomic E-state index is -3.61. The van der Waals surface area contributed by atoms with Crippen molar-refractivity contribution in [1.29, 1.82) is 0 Å². The van der Waals surface area contributed by atoms with Crippen LogP contribution in [0.3, 0.4) is 0 Å². The second-order valence-corrected chi connectivity index (χ2v) is 10.6. The third kappa shape index (κ3) is 2.72. The third-order valence-electron chi connectivity index (χ3n) is 5.53. The first-order valence-electron chi connectivity index (χ1n) is 8.25. The van der Waals surface area contributed by atoms with Crippen molar-refractivity contribution in [3.63, 3.8) is 0 Å². The van der Waals surface area contributed by atoms with Crippen LogP contribution in [0.4, 0.5) is 0 Å². The van der Waals surface area contributed by atoms with Crippen LogP contribution in [0.15, 0.2) is 22.4 Å². The van der Waals surface area contributed by atoms with Crippen LogP contribution in [-0.2, 0) is 14.8 Å². The molecule has 5 nitrogen and oxygen atoms in total. The van der Waals surface area contributed by atoms with E-state index in [0.29, 0.717) is 35.5 Å². The molecule has 2 aromatic rings. The highest BCUT2D eigenvalue weighted by molar-refractivity contribution is 7.91. The Bertz CT molecular complexity index is 926. The van der Waals surface area contributed by atoms with E-state index < -0.39 is 15.4 Å². The standard InChI is InChI=1S/C17H20ClNO4S2/c1-11-14-6-13(18)2-3-15(14)24-16(11)25(21,22)19-7-12-4-5-23-10-17(12,8-19)9-20/h2-3,6,12,20H,4-5,7-10H2,1H3/t12-,17+/m0/s1. The van der Waals surface area contributed by atoms with Crippen molar-refractivity contribution in [2.45, 2.75) is 17.6 Å². The van der Waals surface area contributed by atoms with Crippen molar-refractivity contribution in [2.24, 2.45) is 11.3 Å². The molecule has 0 aliphatic carbocycles. The number of halogens is 1. The van der Waals surface area contributed by atoms with Crippen LogP contribution in [0, 0.1) is 18.3 Å². The lowest BCUT2D eigenvalue weighted by atomic mass is 9.76. The van der Waals surface area contributed by atoms with Gasteiger partial charge in [0.25, 0.3) is 10.0 Å². The number of rotatable bonds is 3. The number of hydrogen-bond donors (Lipinski definition) is 1. The van der Waals surface area contributed by atoms with E-state index in [1.807, 2.05) is 19.1 Å². The van der Waals surface area contributed by atoms with Crippen LogP contribution in [0.5, 0.6) is 0 Å². The Balaban J connectivity index is 1.74. The van der Waals surface area contributed by atoms with Gasteiger partial charge in [-0.2, -0.15) is 4.31 Å². The highest BCUT2D eigenvalue weighted by Gasteiger charge is 2.51. The van der Waals surface area contributed by atoms with Gasteiger partial charge in [-0.1, -0.05) is 11.6 Å². The normalized spacial score (nSPS) is 27.7. The van der Waals surface area contributed by atoms with Crippen molar-refractivity contribution in [3.8, 4) is 0 Å². The van der Waals surface area contributed by atoms with Crippen molar-refractivity contribution in [2.75, 3.05) is 32.9 Å². The third-order valence-corrected chi connectivity index (χ3v) is 9.44. The molecule has 0 spiro atoms. The van der Waals surface area contributed by atoms with Crippen molar-refractivity contribution in [1.82, 2.24) is 4.31 Å². The first-order valence-corrected chi connectivity index (χ1v) is 10.9. The van der Waals surface area contributed by atoms with Crippen molar-refractivity contribution in [3.05, 3.63) is 28.8 Å². The van der Waals surface area contributed by atoms with Gasteiger partial charge in [0.1, 0.15) is 4.21 Å². The van der Waals surface area contributed by atoms with Crippen LogP contribution in [0.25, 0.3) is 10.1 Å².